The number of aromatic nitrogens is 5. The number of hydrogen-bond donors (Lipinski definition) is 1. The molecule has 8 nitrogen and oxygen atoms in total. The molecule has 30 heavy (non-hydrogen) atoms. The minimum absolute atomic E-state index is 0.0253. The second-order valence-electron chi connectivity index (χ2n) is 6.98. The van der Waals surface area contributed by atoms with E-state index in [-0.39, 0.29) is 17.1 Å². The fourth-order valence-corrected chi connectivity index (χ4v) is 4.24. The van der Waals surface area contributed by atoms with Crippen LogP contribution in [0.1, 0.15) is 12.6 Å². The third-order valence-corrected chi connectivity index (χ3v) is 5.76. The van der Waals surface area contributed by atoms with Gasteiger partial charge in [0.15, 0.2) is 15.7 Å². The Balaban J connectivity index is 1.92. The molecule has 0 saturated heterocycles. The lowest BCUT2D eigenvalue weighted by Gasteiger charge is -2.08. The van der Waals surface area contributed by atoms with Gasteiger partial charge < -0.3 is 4.57 Å². The molecule has 0 bridgehead atoms. The van der Waals surface area contributed by atoms with E-state index >= 15 is 0 Å². The lowest BCUT2D eigenvalue weighted by Crippen LogP contribution is -2.01. The van der Waals surface area contributed by atoms with Gasteiger partial charge in [0.1, 0.15) is 12.1 Å². The van der Waals surface area contributed by atoms with Crippen molar-refractivity contribution in [3.05, 3.63) is 67.0 Å². The van der Waals surface area contributed by atoms with Crippen molar-refractivity contribution in [2.75, 3.05) is 6.26 Å². The number of rotatable bonds is 6. The third kappa shape index (κ3) is 3.92. The summed E-state index contributed by atoms with van der Waals surface area (Å²) in [6.07, 6.45) is 8.17. The van der Waals surface area contributed by atoms with Crippen LogP contribution in [0.5, 0.6) is 0 Å². The number of benzene rings is 1. The fourth-order valence-electron chi connectivity index (χ4n) is 3.33. The molecular formula is C21H19N5O3S. The Bertz CT molecular complexity index is 1320. The van der Waals surface area contributed by atoms with Crippen molar-refractivity contribution < 1.29 is 13.2 Å². The second-order valence-corrected chi connectivity index (χ2v) is 8.96. The summed E-state index contributed by atoms with van der Waals surface area (Å²) in [5.74, 6) is 0.544. The molecule has 3 aromatic heterocycles. The quantitative estimate of drug-likeness (QED) is 0.512. The SMILES string of the molecule is CC(=O)Cc1cc(-n2cc(-c3ncn[nH]3)c(-c3ccccc3S(C)(=O)=O)c2)ccn1. The molecule has 0 aliphatic carbocycles. The van der Waals surface area contributed by atoms with Gasteiger partial charge in [0.05, 0.1) is 4.90 Å². The largest absolute Gasteiger partial charge is 0.322 e. The number of carbonyl (C=O) groups excluding carboxylic acids is 1. The van der Waals surface area contributed by atoms with E-state index < -0.39 is 9.84 Å². The van der Waals surface area contributed by atoms with Gasteiger partial charge in [-0.1, -0.05) is 18.2 Å². The lowest BCUT2D eigenvalue weighted by molar-refractivity contribution is -0.116. The normalized spacial score (nSPS) is 11.5. The molecule has 0 spiro atoms. The maximum absolute atomic E-state index is 12.4. The number of H-pyrrole nitrogens is 1. The minimum Gasteiger partial charge on any atom is -0.322 e. The van der Waals surface area contributed by atoms with Crippen LogP contribution < -0.4 is 0 Å². The van der Waals surface area contributed by atoms with E-state index in [1.807, 2.05) is 29.1 Å². The van der Waals surface area contributed by atoms with Crippen LogP contribution in [0, 0.1) is 0 Å². The van der Waals surface area contributed by atoms with Crippen LogP contribution in [-0.2, 0) is 21.1 Å². The maximum atomic E-state index is 12.4. The molecule has 0 aliphatic heterocycles. The highest BCUT2D eigenvalue weighted by Gasteiger charge is 2.20. The molecule has 3 heterocycles. The number of ketones is 1. The first-order valence-corrected chi connectivity index (χ1v) is 11.0. The van der Waals surface area contributed by atoms with Crippen molar-refractivity contribution in [2.45, 2.75) is 18.2 Å². The van der Waals surface area contributed by atoms with Crippen molar-refractivity contribution in [1.29, 1.82) is 0 Å². The monoisotopic (exact) mass is 421 g/mol. The first kappa shape index (κ1) is 19.7. The highest BCUT2D eigenvalue weighted by molar-refractivity contribution is 7.90. The molecule has 0 atom stereocenters. The van der Waals surface area contributed by atoms with Gasteiger partial charge in [-0.3, -0.25) is 14.9 Å². The summed E-state index contributed by atoms with van der Waals surface area (Å²) in [6.45, 7) is 1.52. The Morgan fingerprint density at radius 2 is 1.83 bits per heavy atom. The second kappa shape index (κ2) is 7.68. The van der Waals surface area contributed by atoms with Crippen LogP contribution in [0.15, 0.2) is 66.2 Å². The summed E-state index contributed by atoms with van der Waals surface area (Å²) in [5.41, 5.74) is 3.42. The van der Waals surface area contributed by atoms with Gasteiger partial charge in [-0.25, -0.2) is 13.4 Å². The van der Waals surface area contributed by atoms with Crippen LogP contribution in [0.2, 0.25) is 0 Å². The van der Waals surface area contributed by atoms with E-state index in [0.717, 1.165) is 5.69 Å². The van der Waals surface area contributed by atoms with Crippen molar-refractivity contribution in [1.82, 2.24) is 24.7 Å². The van der Waals surface area contributed by atoms with Crippen LogP contribution in [0.3, 0.4) is 0 Å². The zero-order valence-electron chi connectivity index (χ0n) is 16.4. The van der Waals surface area contributed by atoms with Crippen LogP contribution in [0.4, 0.5) is 0 Å². The molecule has 0 aliphatic rings. The molecule has 0 saturated carbocycles. The molecule has 1 N–H and O–H groups in total. The van der Waals surface area contributed by atoms with Gasteiger partial charge >= 0.3 is 0 Å². The predicted octanol–water partition coefficient (Wildman–Crippen LogP) is 2.86. The first-order chi connectivity index (χ1) is 14.3. The summed E-state index contributed by atoms with van der Waals surface area (Å²) >= 11 is 0. The zero-order chi connectivity index (χ0) is 21.3. The molecule has 152 valence electrons. The van der Waals surface area contributed by atoms with Gasteiger partial charge in [0.2, 0.25) is 0 Å². The molecule has 1 aromatic carbocycles. The number of Topliss-reactive ketones (excluding diaryl/α,β-unsaturated/α-hetero) is 1. The maximum Gasteiger partial charge on any atom is 0.176 e. The van der Waals surface area contributed by atoms with Crippen LogP contribution in [0.25, 0.3) is 28.2 Å². The van der Waals surface area contributed by atoms with Gasteiger partial charge in [-0.2, -0.15) is 5.10 Å². The minimum atomic E-state index is -3.45. The van der Waals surface area contributed by atoms with E-state index in [1.165, 1.54) is 19.5 Å². The average molecular weight is 421 g/mol. The zero-order valence-corrected chi connectivity index (χ0v) is 17.2. The predicted molar refractivity (Wildman–Crippen MR) is 112 cm³/mol. The van der Waals surface area contributed by atoms with Crippen molar-refractivity contribution in [2.24, 2.45) is 0 Å². The molecule has 0 amide bonds. The Hall–Kier alpha value is -3.59. The third-order valence-electron chi connectivity index (χ3n) is 4.60. The molecule has 0 unspecified atom stereocenters. The van der Waals surface area contributed by atoms with Gasteiger partial charge in [-0.15, -0.1) is 0 Å². The number of hydrogen-bond acceptors (Lipinski definition) is 6. The summed E-state index contributed by atoms with van der Waals surface area (Å²) < 4.78 is 26.6. The van der Waals surface area contributed by atoms with E-state index in [1.54, 1.807) is 30.5 Å². The number of pyridine rings is 1. The summed E-state index contributed by atoms with van der Waals surface area (Å²) in [5, 5.41) is 6.77. The smallest absolute Gasteiger partial charge is 0.176 e. The summed E-state index contributed by atoms with van der Waals surface area (Å²) in [6, 6.07) is 10.5. The van der Waals surface area contributed by atoms with E-state index in [4.69, 9.17) is 0 Å². The Labute approximate surface area is 173 Å². The molecule has 0 radical (unpaired) electrons. The first-order valence-electron chi connectivity index (χ1n) is 9.15. The summed E-state index contributed by atoms with van der Waals surface area (Å²) in [4.78, 5) is 20.2. The van der Waals surface area contributed by atoms with Crippen LogP contribution >= 0.6 is 0 Å². The number of sulfone groups is 1. The highest BCUT2D eigenvalue weighted by Crippen LogP contribution is 2.36. The molecular weight excluding hydrogens is 402 g/mol. The molecule has 0 fully saturated rings. The summed E-state index contributed by atoms with van der Waals surface area (Å²) in [7, 11) is -3.45. The topological polar surface area (TPSA) is 111 Å². The van der Waals surface area contributed by atoms with Crippen molar-refractivity contribution in [3.8, 4) is 28.2 Å². The Morgan fingerprint density at radius 1 is 1.07 bits per heavy atom. The standard InChI is InChI=1S/C21H19N5O3S/c1-14(27)9-15-10-16(7-8-22-15)26-11-18(19(12-26)21-23-13-24-25-21)17-5-3-4-6-20(17)30(2,28)29/h3-8,10-13H,9H2,1-2H3,(H,23,24,25). The number of aromatic amines is 1. The van der Waals surface area contributed by atoms with E-state index in [0.29, 0.717) is 28.2 Å². The van der Waals surface area contributed by atoms with Gasteiger partial charge in [0.25, 0.3) is 0 Å². The Kier molecular flexibility index (Phi) is 5.04. The van der Waals surface area contributed by atoms with Gasteiger partial charge in [-0.05, 0) is 25.1 Å². The van der Waals surface area contributed by atoms with Crippen molar-refractivity contribution >= 4 is 15.6 Å². The number of nitrogens with one attached hydrogen (secondary N) is 1. The van der Waals surface area contributed by atoms with Crippen LogP contribution in [-0.4, -0.2) is 45.2 Å². The molecule has 4 rings (SSSR count). The lowest BCUT2D eigenvalue weighted by atomic mass is 10.0. The van der Waals surface area contributed by atoms with E-state index in [9.17, 15) is 13.2 Å². The fraction of sp³-hybridized carbons (Fsp3) is 0.143. The number of carbonyl (C=O) groups is 1. The molecule has 4 aromatic rings. The Morgan fingerprint density at radius 3 is 2.53 bits per heavy atom. The average Bonchev–Trinajstić information content (AvgIpc) is 3.37. The highest BCUT2D eigenvalue weighted by atomic mass is 32.2. The van der Waals surface area contributed by atoms with Crippen molar-refractivity contribution in [3.63, 3.8) is 0 Å². The molecule has 9 heteroatoms. The van der Waals surface area contributed by atoms with Gasteiger partial charge in [0, 0.05) is 59.3 Å². The van der Waals surface area contributed by atoms with E-state index in [2.05, 4.69) is 20.2 Å². The number of nitrogens with zero attached hydrogens (tertiary/aromatic N) is 4.